The van der Waals surface area contributed by atoms with Gasteiger partial charge in [0.15, 0.2) is 0 Å². The number of nitrogens with one attached hydrogen (secondary N) is 1. The highest BCUT2D eigenvalue weighted by Gasteiger charge is 2.12. The lowest BCUT2D eigenvalue weighted by Gasteiger charge is -2.07. The van der Waals surface area contributed by atoms with E-state index in [2.05, 4.69) is 4.72 Å². The Morgan fingerprint density at radius 1 is 1.17 bits per heavy atom. The second-order valence-electron chi connectivity index (χ2n) is 3.91. The zero-order valence-electron chi connectivity index (χ0n) is 10.1. The molecule has 0 radical (unpaired) electrons. The summed E-state index contributed by atoms with van der Waals surface area (Å²) in [7, 11) is -3.44. The molecular weight excluding hydrogens is 274 g/mol. The first-order valence-electron chi connectivity index (χ1n) is 5.85. The molecule has 0 fully saturated rings. The Morgan fingerprint density at radius 3 is 2.39 bits per heavy atom. The Labute approximate surface area is 113 Å². The largest absolute Gasteiger partial charge is 0.396 e. The lowest BCUT2D eigenvalue weighted by Crippen LogP contribution is -2.24. The molecular formula is C12H18ClNO3S. The van der Waals surface area contributed by atoms with E-state index in [9.17, 15) is 8.42 Å². The van der Waals surface area contributed by atoms with Gasteiger partial charge in [0.1, 0.15) is 0 Å². The number of rotatable bonds is 8. The van der Waals surface area contributed by atoms with E-state index in [-0.39, 0.29) is 11.5 Å². The Hall–Kier alpha value is -0.620. The minimum absolute atomic E-state index is 0.0782. The molecule has 6 heteroatoms. The number of alkyl halides is 1. The SMILES string of the molecule is O=S(=O)(NCCCCO)c1ccc(CCCl)cc1. The fourth-order valence-electron chi connectivity index (χ4n) is 1.47. The number of aliphatic hydroxyl groups excluding tert-OH is 1. The quantitative estimate of drug-likeness (QED) is 0.564. The highest BCUT2D eigenvalue weighted by atomic mass is 35.5. The van der Waals surface area contributed by atoms with Crippen LogP contribution in [-0.4, -0.2) is 32.6 Å². The van der Waals surface area contributed by atoms with Crippen molar-refractivity contribution >= 4 is 21.6 Å². The first-order chi connectivity index (χ1) is 8.60. The Bertz CT molecular complexity index is 445. The monoisotopic (exact) mass is 291 g/mol. The average Bonchev–Trinajstić information content (AvgIpc) is 2.36. The number of aryl methyl sites for hydroxylation is 1. The van der Waals surface area contributed by atoms with E-state index in [1.165, 1.54) is 0 Å². The van der Waals surface area contributed by atoms with Gasteiger partial charge in [0, 0.05) is 19.0 Å². The predicted octanol–water partition coefficient (Wildman–Crippen LogP) is 1.52. The molecule has 0 bridgehead atoms. The third-order valence-electron chi connectivity index (χ3n) is 2.49. The molecule has 0 amide bonds. The van der Waals surface area contributed by atoms with Crippen LogP contribution in [0.25, 0.3) is 0 Å². The van der Waals surface area contributed by atoms with Crippen molar-refractivity contribution in [3.05, 3.63) is 29.8 Å². The minimum Gasteiger partial charge on any atom is -0.396 e. The van der Waals surface area contributed by atoms with Crippen molar-refractivity contribution in [2.45, 2.75) is 24.2 Å². The van der Waals surface area contributed by atoms with Crippen LogP contribution in [0, 0.1) is 0 Å². The zero-order valence-corrected chi connectivity index (χ0v) is 11.7. The number of halogens is 1. The molecule has 0 unspecified atom stereocenters. The van der Waals surface area contributed by atoms with Crippen molar-refractivity contribution in [3.8, 4) is 0 Å². The molecule has 18 heavy (non-hydrogen) atoms. The molecule has 1 rings (SSSR count). The van der Waals surface area contributed by atoms with E-state index >= 15 is 0 Å². The van der Waals surface area contributed by atoms with Gasteiger partial charge >= 0.3 is 0 Å². The molecule has 2 N–H and O–H groups in total. The van der Waals surface area contributed by atoms with Crippen LogP contribution in [-0.2, 0) is 16.4 Å². The van der Waals surface area contributed by atoms with Crippen molar-refractivity contribution in [3.63, 3.8) is 0 Å². The third kappa shape index (κ3) is 4.94. The van der Waals surface area contributed by atoms with Gasteiger partial charge in [0.2, 0.25) is 10.0 Å². The van der Waals surface area contributed by atoms with Crippen LogP contribution in [0.5, 0.6) is 0 Å². The minimum atomic E-state index is -3.44. The van der Waals surface area contributed by atoms with Crippen LogP contribution in [0.1, 0.15) is 18.4 Å². The normalized spacial score (nSPS) is 11.7. The zero-order chi connectivity index (χ0) is 13.4. The maximum atomic E-state index is 11.9. The molecule has 0 saturated heterocycles. The van der Waals surface area contributed by atoms with E-state index in [1.807, 2.05) is 0 Å². The molecule has 0 aliphatic heterocycles. The summed E-state index contributed by atoms with van der Waals surface area (Å²) in [6.07, 6.45) is 1.95. The summed E-state index contributed by atoms with van der Waals surface area (Å²) in [5.41, 5.74) is 1.02. The second kappa shape index (κ2) is 7.74. The molecule has 1 aromatic carbocycles. The number of hydrogen-bond acceptors (Lipinski definition) is 3. The standard InChI is InChI=1S/C12H18ClNO3S/c13-8-7-11-3-5-12(6-4-11)18(16,17)14-9-1-2-10-15/h3-6,14-15H,1-2,7-10H2. The van der Waals surface area contributed by atoms with Crippen LogP contribution < -0.4 is 4.72 Å². The van der Waals surface area contributed by atoms with Crippen LogP contribution >= 0.6 is 11.6 Å². The molecule has 102 valence electrons. The van der Waals surface area contributed by atoms with E-state index in [1.54, 1.807) is 24.3 Å². The number of hydrogen-bond donors (Lipinski definition) is 2. The Kier molecular flexibility index (Phi) is 6.63. The fourth-order valence-corrected chi connectivity index (χ4v) is 2.76. The van der Waals surface area contributed by atoms with E-state index in [4.69, 9.17) is 16.7 Å². The predicted molar refractivity (Wildman–Crippen MR) is 72.4 cm³/mol. The van der Waals surface area contributed by atoms with E-state index in [0.717, 1.165) is 12.0 Å². The first kappa shape index (κ1) is 15.4. The summed E-state index contributed by atoms with van der Waals surface area (Å²) >= 11 is 5.61. The molecule has 0 saturated carbocycles. The van der Waals surface area contributed by atoms with Gasteiger partial charge in [-0.05, 0) is 37.0 Å². The number of aliphatic hydroxyl groups is 1. The summed E-state index contributed by atoms with van der Waals surface area (Å²) in [5.74, 6) is 0.519. The molecule has 0 atom stereocenters. The van der Waals surface area contributed by atoms with Crippen molar-refractivity contribution in [1.29, 1.82) is 0 Å². The second-order valence-corrected chi connectivity index (χ2v) is 6.06. The van der Waals surface area contributed by atoms with Gasteiger partial charge in [-0.3, -0.25) is 0 Å². The van der Waals surface area contributed by atoms with Crippen LogP contribution in [0.15, 0.2) is 29.2 Å². The van der Waals surface area contributed by atoms with Crippen LogP contribution in [0.2, 0.25) is 0 Å². The maximum Gasteiger partial charge on any atom is 0.240 e. The van der Waals surface area contributed by atoms with Gasteiger partial charge in [-0.15, -0.1) is 11.6 Å². The molecule has 0 heterocycles. The molecule has 1 aromatic rings. The van der Waals surface area contributed by atoms with E-state index < -0.39 is 10.0 Å². The van der Waals surface area contributed by atoms with Gasteiger partial charge in [-0.2, -0.15) is 0 Å². The van der Waals surface area contributed by atoms with Crippen molar-refractivity contribution < 1.29 is 13.5 Å². The molecule has 0 spiro atoms. The van der Waals surface area contributed by atoms with Crippen LogP contribution in [0.4, 0.5) is 0 Å². The summed E-state index contributed by atoms with van der Waals surface area (Å²) in [5, 5.41) is 8.61. The lowest BCUT2D eigenvalue weighted by molar-refractivity contribution is 0.285. The first-order valence-corrected chi connectivity index (χ1v) is 7.87. The molecule has 0 aliphatic carbocycles. The van der Waals surface area contributed by atoms with E-state index in [0.29, 0.717) is 25.3 Å². The molecule has 0 aromatic heterocycles. The maximum absolute atomic E-state index is 11.9. The fraction of sp³-hybridized carbons (Fsp3) is 0.500. The Balaban J connectivity index is 2.61. The highest BCUT2D eigenvalue weighted by molar-refractivity contribution is 7.89. The Morgan fingerprint density at radius 2 is 1.83 bits per heavy atom. The smallest absolute Gasteiger partial charge is 0.240 e. The lowest BCUT2D eigenvalue weighted by atomic mass is 10.2. The summed E-state index contributed by atoms with van der Waals surface area (Å²) in [6, 6.07) is 6.70. The van der Waals surface area contributed by atoms with Crippen LogP contribution in [0.3, 0.4) is 0 Å². The summed E-state index contributed by atoms with van der Waals surface area (Å²) < 4.78 is 26.2. The van der Waals surface area contributed by atoms with Crippen molar-refractivity contribution in [2.75, 3.05) is 19.0 Å². The molecule has 4 nitrogen and oxygen atoms in total. The van der Waals surface area contributed by atoms with Gasteiger partial charge in [0.25, 0.3) is 0 Å². The number of unbranched alkanes of at least 4 members (excludes halogenated alkanes) is 1. The third-order valence-corrected chi connectivity index (χ3v) is 4.16. The average molecular weight is 292 g/mol. The topological polar surface area (TPSA) is 66.4 Å². The highest BCUT2D eigenvalue weighted by Crippen LogP contribution is 2.11. The number of sulfonamides is 1. The number of benzene rings is 1. The molecule has 0 aliphatic rings. The van der Waals surface area contributed by atoms with Gasteiger partial charge < -0.3 is 5.11 Å². The van der Waals surface area contributed by atoms with Crippen molar-refractivity contribution in [1.82, 2.24) is 4.72 Å². The van der Waals surface area contributed by atoms with Gasteiger partial charge in [-0.25, -0.2) is 13.1 Å². The van der Waals surface area contributed by atoms with Gasteiger partial charge in [-0.1, -0.05) is 12.1 Å². The van der Waals surface area contributed by atoms with Gasteiger partial charge in [0.05, 0.1) is 4.90 Å². The summed E-state index contributed by atoms with van der Waals surface area (Å²) in [6.45, 7) is 0.418. The van der Waals surface area contributed by atoms with Crippen molar-refractivity contribution in [2.24, 2.45) is 0 Å². The summed E-state index contributed by atoms with van der Waals surface area (Å²) in [4.78, 5) is 0.254.